The van der Waals surface area contributed by atoms with Crippen molar-refractivity contribution in [2.24, 2.45) is 14.1 Å². The van der Waals surface area contributed by atoms with E-state index in [4.69, 9.17) is 9.15 Å². The van der Waals surface area contributed by atoms with Crippen molar-refractivity contribution in [3.8, 4) is 5.75 Å². The van der Waals surface area contributed by atoms with Crippen LogP contribution < -0.4 is 10.3 Å². The largest absolute Gasteiger partial charge is 0.489 e. The number of benzene rings is 1. The van der Waals surface area contributed by atoms with Gasteiger partial charge in [-0.25, -0.2) is 4.39 Å². The molecule has 2 aromatic heterocycles. The van der Waals surface area contributed by atoms with Crippen LogP contribution >= 0.6 is 0 Å². The predicted molar refractivity (Wildman–Crippen MR) is 88.6 cm³/mol. The maximum absolute atomic E-state index is 13.0. The van der Waals surface area contributed by atoms with E-state index in [1.807, 2.05) is 0 Å². The maximum atomic E-state index is 13.0. The van der Waals surface area contributed by atoms with Gasteiger partial charge >= 0.3 is 5.56 Å². The summed E-state index contributed by atoms with van der Waals surface area (Å²) in [7, 11) is 4.48. The lowest BCUT2D eigenvalue weighted by molar-refractivity contribution is 0.0994. The van der Waals surface area contributed by atoms with Crippen molar-refractivity contribution < 1.29 is 18.3 Å². The second-order valence-corrected chi connectivity index (χ2v) is 5.63. The number of carbonyl (C=O) groups is 1. The predicted octanol–water partition coefficient (Wildman–Crippen LogP) is 2.29. The summed E-state index contributed by atoms with van der Waals surface area (Å²) in [4.78, 5) is 24.8. The van der Waals surface area contributed by atoms with Crippen LogP contribution in [0.2, 0.25) is 0 Å². The molecule has 0 amide bonds. The lowest BCUT2D eigenvalue weighted by atomic mass is 10.1. The summed E-state index contributed by atoms with van der Waals surface area (Å²) in [5.74, 6) is -0.100. The van der Waals surface area contributed by atoms with E-state index in [0.29, 0.717) is 12.2 Å². The molecule has 3 rings (SSSR count). The number of hydrogen-bond acceptors (Lipinski definition) is 4. The number of halogens is 1. The number of furan rings is 1. The number of rotatable bonds is 5. The number of nitrogens with zero attached hydrogens (tertiary/aromatic N) is 2. The van der Waals surface area contributed by atoms with E-state index >= 15 is 0 Å². The first-order valence-corrected chi connectivity index (χ1v) is 7.60. The molecular weight excluding hydrogens is 327 g/mol. The highest BCUT2D eigenvalue weighted by molar-refractivity contribution is 6.07. The third-order valence-electron chi connectivity index (χ3n) is 4.07. The Morgan fingerprint density at radius 2 is 1.80 bits per heavy atom. The van der Waals surface area contributed by atoms with E-state index in [9.17, 15) is 14.0 Å². The molecule has 0 radical (unpaired) electrons. The molecule has 0 fully saturated rings. The third-order valence-corrected chi connectivity index (χ3v) is 4.07. The Hall–Kier alpha value is -3.09. The molecule has 2 heterocycles. The molecule has 0 saturated carbocycles. The van der Waals surface area contributed by atoms with Crippen LogP contribution in [0.15, 0.2) is 45.6 Å². The van der Waals surface area contributed by atoms with E-state index in [-0.39, 0.29) is 23.0 Å². The van der Waals surface area contributed by atoms with Crippen molar-refractivity contribution in [1.29, 1.82) is 0 Å². The van der Waals surface area contributed by atoms with Gasteiger partial charge < -0.3 is 9.15 Å². The monoisotopic (exact) mass is 344 g/mol. The average molecular weight is 344 g/mol. The van der Waals surface area contributed by atoms with E-state index in [1.54, 1.807) is 38.4 Å². The molecule has 3 aromatic rings. The zero-order valence-electron chi connectivity index (χ0n) is 14.1. The number of methoxy groups -OCH3 is 1. The lowest BCUT2D eigenvalue weighted by Crippen LogP contribution is -2.18. The lowest BCUT2D eigenvalue weighted by Gasteiger charge is -2.04. The summed E-state index contributed by atoms with van der Waals surface area (Å²) in [6, 6.07) is 9.29. The van der Waals surface area contributed by atoms with Crippen LogP contribution in [-0.4, -0.2) is 22.3 Å². The van der Waals surface area contributed by atoms with Crippen LogP contribution in [0.5, 0.6) is 5.75 Å². The van der Waals surface area contributed by atoms with E-state index in [1.165, 1.54) is 28.6 Å². The van der Waals surface area contributed by atoms with Gasteiger partial charge in [0.15, 0.2) is 11.5 Å². The Balaban J connectivity index is 1.90. The fraction of sp³-hybridized carbons (Fsp3) is 0.222. The van der Waals surface area contributed by atoms with Gasteiger partial charge in [-0.3, -0.25) is 19.0 Å². The molecule has 0 aliphatic heterocycles. The average Bonchev–Trinajstić information content (AvgIpc) is 3.15. The standard InChI is InChI=1S/C18H17FN2O4/c1-20-15(17(24-3)18(23)21(20)2)16(22)14-9-8-13(25-14)10-11-4-6-12(19)7-5-11/h4-9H,10H2,1-3H3. The van der Waals surface area contributed by atoms with Gasteiger partial charge in [0.05, 0.1) is 7.11 Å². The van der Waals surface area contributed by atoms with Gasteiger partial charge in [-0.15, -0.1) is 0 Å². The number of ketones is 1. The summed E-state index contributed by atoms with van der Waals surface area (Å²) in [6.07, 6.45) is 0.429. The highest BCUT2D eigenvalue weighted by Crippen LogP contribution is 2.21. The number of aromatic nitrogens is 2. The molecule has 1 aromatic carbocycles. The highest BCUT2D eigenvalue weighted by Gasteiger charge is 2.26. The van der Waals surface area contributed by atoms with Gasteiger partial charge in [0.2, 0.25) is 11.5 Å². The van der Waals surface area contributed by atoms with Crippen molar-refractivity contribution in [2.45, 2.75) is 6.42 Å². The van der Waals surface area contributed by atoms with Crippen molar-refractivity contribution in [3.63, 3.8) is 0 Å². The van der Waals surface area contributed by atoms with Crippen molar-refractivity contribution in [2.75, 3.05) is 7.11 Å². The normalized spacial score (nSPS) is 10.9. The molecular formula is C18H17FN2O4. The first-order valence-electron chi connectivity index (χ1n) is 7.60. The van der Waals surface area contributed by atoms with Crippen LogP contribution in [-0.2, 0) is 20.5 Å². The smallest absolute Gasteiger partial charge is 0.309 e. The number of hydrogen-bond donors (Lipinski definition) is 0. The summed E-state index contributed by atoms with van der Waals surface area (Å²) in [5.41, 5.74) is 0.587. The topological polar surface area (TPSA) is 66.4 Å². The minimum absolute atomic E-state index is 0.0218. The van der Waals surface area contributed by atoms with Gasteiger partial charge in [-0.1, -0.05) is 12.1 Å². The zero-order chi connectivity index (χ0) is 18.1. The first kappa shape index (κ1) is 16.8. The summed E-state index contributed by atoms with van der Waals surface area (Å²) in [6.45, 7) is 0. The molecule has 0 saturated heterocycles. The minimum Gasteiger partial charge on any atom is -0.489 e. The van der Waals surface area contributed by atoms with Crippen molar-refractivity contribution >= 4 is 5.78 Å². The van der Waals surface area contributed by atoms with Crippen LogP contribution in [0.25, 0.3) is 0 Å². The van der Waals surface area contributed by atoms with Crippen LogP contribution in [0.4, 0.5) is 4.39 Å². The van der Waals surface area contributed by atoms with E-state index in [2.05, 4.69) is 0 Å². The van der Waals surface area contributed by atoms with Gasteiger partial charge in [0.1, 0.15) is 11.6 Å². The molecule has 0 aliphatic rings. The van der Waals surface area contributed by atoms with Gasteiger partial charge in [-0.2, -0.15) is 0 Å². The highest BCUT2D eigenvalue weighted by atomic mass is 19.1. The quantitative estimate of drug-likeness (QED) is 0.666. The van der Waals surface area contributed by atoms with Crippen LogP contribution in [0.3, 0.4) is 0 Å². The van der Waals surface area contributed by atoms with Gasteiger partial charge in [-0.05, 0) is 29.8 Å². The van der Waals surface area contributed by atoms with Crippen LogP contribution in [0.1, 0.15) is 27.6 Å². The Bertz CT molecular complexity index is 980. The SMILES string of the molecule is COc1c(C(=O)c2ccc(Cc3ccc(F)cc3)o2)n(C)n(C)c1=O. The fourth-order valence-corrected chi connectivity index (χ4v) is 2.63. The van der Waals surface area contributed by atoms with Gasteiger partial charge in [0.25, 0.3) is 0 Å². The van der Waals surface area contributed by atoms with E-state index in [0.717, 1.165) is 5.56 Å². The minimum atomic E-state index is -0.442. The second-order valence-electron chi connectivity index (χ2n) is 5.63. The molecule has 25 heavy (non-hydrogen) atoms. The molecule has 7 heteroatoms. The second kappa shape index (κ2) is 6.43. The fourth-order valence-electron chi connectivity index (χ4n) is 2.63. The Morgan fingerprint density at radius 3 is 2.44 bits per heavy atom. The van der Waals surface area contributed by atoms with Crippen molar-refractivity contribution in [3.05, 3.63) is 75.3 Å². The molecule has 0 bridgehead atoms. The zero-order valence-corrected chi connectivity index (χ0v) is 14.1. The Kier molecular flexibility index (Phi) is 4.31. The molecule has 0 atom stereocenters. The molecule has 130 valence electrons. The van der Waals surface area contributed by atoms with Crippen LogP contribution in [0, 0.1) is 5.82 Å². The molecule has 0 N–H and O–H groups in total. The number of ether oxygens (including phenoxy) is 1. The Labute approximate surface area is 143 Å². The third kappa shape index (κ3) is 3.00. The summed E-state index contributed by atoms with van der Waals surface area (Å²) >= 11 is 0. The molecule has 6 nitrogen and oxygen atoms in total. The maximum Gasteiger partial charge on any atom is 0.309 e. The summed E-state index contributed by atoms with van der Waals surface area (Å²) < 4.78 is 26.4. The van der Waals surface area contributed by atoms with E-state index < -0.39 is 11.3 Å². The molecule has 0 aliphatic carbocycles. The first-order chi connectivity index (χ1) is 11.9. The summed E-state index contributed by atoms with van der Waals surface area (Å²) in [5, 5.41) is 0. The number of carbonyl (C=O) groups excluding carboxylic acids is 1. The van der Waals surface area contributed by atoms with Crippen molar-refractivity contribution in [1.82, 2.24) is 9.36 Å². The van der Waals surface area contributed by atoms with Gasteiger partial charge in [0, 0.05) is 20.5 Å². The molecule has 0 unspecified atom stereocenters. The molecule has 0 spiro atoms. The Morgan fingerprint density at radius 1 is 1.12 bits per heavy atom.